The van der Waals surface area contributed by atoms with Crippen LogP contribution < -0.4 is 0 Å². The molecule has 3 nitrogen and oxygen atoms in total. The van der Waals surface area contributed by atoms with Gasteiger partial charge in [0.2, 0.25) is 0 Å². The van der Waals surface area contributed by atoms with Crippen LogP contribution >= 0.6 is 11.3 Å². The molecule has 1 aliphatic rings. The molecule has 2 aromatic heterocycles. The summed E-state index contributed by atoms with van der Waals surface area (Å²) >= 11 is 1.69. The Bertz CT molecular complexity index is 528. The van der Waals surface area contributed by atoms with Gasteiger partial charge in [0.1, 0.15) is 0 Å². The number of aromatic nitrogens is 2. The van der Waals surface area contributed by atoms with Crippen LogP contribution in [0.2, 0.25) is 0 Å². The molecule has 0 bridgehead atoms. The monoisotopic (exact) mass is 246 g/mol. The zero-order valence-corrected chi connectivity index (χ0v) is 10.4. The van der Waals surface area contributed by atoms with E-state index in [-0.39, 0.29) is 0 Å². The van der Waals surface area contributed by atoms with Gasteiger partial charge in [0.25, 0.3) is 0 Å². The van der Waals surface area contributed by atoms with E-state index in [9.17, 15) is 4.79 Å². The Kier molecular flexibility index (Phi) is 2.81. The van der Waals surface area contributed by atoms with Crippen molar-refractivity contribution in [2.45, 2.75) is 32.2 Å². The van der Waals surface area contributed by atoms with E-state index in [1.807, 2.05) is 23.8 Å². The molecule has 17 heavy (non-hydrogen) atoms. The van der Waals surface area contributed by atoms with E-state index in [2.05, 4.69) is 9.55 Å². The molecule has 0 amide bonds. The molecule has 4 heteroatoms. The summed E-state index contributed by atoms with van der Waals surface area (Å²) in [6.45, 7) is 0.927. The number of carbonyl (C=O) groups is 1. The first-order valence-corrected chi connectivity index (χ1v) is 6.82. The summed E-state index contributed by atoms with van der Waals surface area (Å²) in [5.41, 5.74) is 2.16. The molecule has 3 rings (SSSR count). The maximum atomic E-state index is 11.7. The van der Waals surface area contributed by atoms with Gasteiger partial charge in [0.15, 0.2) is 5.78 Å². The minimum Gasteiger partial charge on any atom is -0.350 e. The van der Waals surface area contributed by atoms with Gasteiger partial charge in [0.05, 0.1) is 5.01 Å². The number of Topliss-reactive ketones (excluding diaryl/α,β-unsaturated/α-hetero) is 1. The highest BCUT2D eigenvalue weighted by Gasteiger charge is 2.20. The van der Waals surface area contributed by atoms with E-state index in [0.29, 0.717) is 12.2 Å². The fourth-order valence-corrected chi connectivity index (χ4v) is 3.00. The summed E-state index contributed by atoms with van der Waals surface area (Å²) in [4.78, 5) is 16.0. The maximum Gasteiger partial charge on any atom is 0.164 e. The molecule has 0 spiro atoms. The quantitative estimate of drug-likeness (QED) is 0.834. The van der Waals surface area contributed by atoms with Crippen LogP contribution in [0.15, 0.2) is 23.8 Å². The standard InChI is InChI=1S/C13H14N2OS/c16-12-3-1-2-11-10(12)4-7-15(11)8-5-13-14-6-9-17-13/h4,6-7,9H,1-3,5,8H2. The molecule has 1 aliphatic carbocycles. The Morgan fingerprint density at radius 3 is 3.18 bits per heavy atom. The van der Waals surface area contributed by atoms with Crippen LogP contribution in [0.25, 0.3) is 0 Å². The highest BCUT2D eigenvalue weighted by molar-refractivity contribution is 7.09. The van der Waals surface area contributed by atoms with Crippen molar-refractivity contribution >= 4 is 17.1 Å². The Morgan fingerprint density at radius 2 is 2.35 bits per heavy atom. The molecule has 0 aromatic carbocycles. The van der Waals surface area contributed by atoms with Gasteiger partial charge in [-0.2, -0.15) is 0 Å². The number of ketones is 1. The van der Waals surface area contributed by atoms with Crippen LogP contribution in [-0.2, 0) is 19.4 Å². The molecule has 0 unspecified atom stereocenters. The molecule has 2 aromatic rings. The average molecular weight is 246 g/mol. The first-order chi connectivity index (χ1) is 8.34. The zero-order valence-electron chi connectivity index (χ0n) is 9.56. The minimum absolute atomic E-state index is 0.305. The first kappa shape index (κ1) is 10.7. The Labute approximate surface area is 104 Å². The van der Waals surface area contributed by atoms with Crippen molar-refractivity contribution in [1.82, 2.24) is 9.55 Å². The van der Waals surface area contributed by atoms with Crippen molar-refractivity contribution in [1.29, 1.82) is 0 Å². The van der Waals surface area contributed by atoms with E-state index in [0.717, 1.165) is 36.4 Å². The van der Waals surface area contributed by atoms with Gasteiger partial charge in [0, 0.05) is 48.4 Å². The van der Waals surface area contributed by atoms with E-state index in [4.69, 9.17) is 0 Å². The number of hydrogen-bond acceptors (Lipinski definition) is 3. The molecule has 0 saturated heterocycles. The number of hydrogen-bond donors (Lipinski definition) is 0. The summed E-state index contributed by atoms with van der Waals surface area (Å²) in [5.74, 6) is 0.305. The predicted octanol–water partition coefficient (Wildman–Crippen LogP) is 2.71. The second kappa shape index (κ2) is 4.45. The number of fused-ring (bicyclic) bond motifs is 1. The molecule has 0 aliphatic heterocycles. The number of carbonyl (C=O) groups excluding carboxylic acids is 1. The second-order valence-corrected chi connectivity index (χ2v) is 5.30. The van der Waals surface area contributed by atoms with Crippen LogP contribution in [0.5, 0.6) is 0 Å². The SMILES string of the molecule is O=C1CCCc2c1ccn2CCc1nccs1. The Balaban J connectivity index is 1.78. The van der Waals surface area contributed by atoms with E-state index in [1.165, 1.54) is 5.69 Å². The smallest absolute Gasteiger partial charge is 0.164 e. The average Bonchev–Trinajstić information content (AvgIpc) is 2.95. The van der Waals surface area contributed by atoms with Gasteiger partial charge >= 0.3 is 0 Å². The van der Waals surface area contributed by atoms with E-state index in [1.54, 1.807) is 11.3 Å². The van der Waals surface area contributed by atoms with Crippen molar-refractivity contribution in [3.63, 3.8) is 0 Å². The molecule has 0 N–H and O–H groups in total. The summed E-state index contributed by atoms with van der Waals surface area (Å²) in [6.07, 6.45) is 7.58. The number of aryl methyl sites for hydroxylation is 2. The van der Waals surface area contributed by atoms with E-state index >= 15 is 0 Å². The fraction of sp³-hybridized carbons (Fsp3) is 0.385. The fourth-order valence-electron chi connectivity index (χ4n) is 2.39. The molecule has 2 heterocycles. The molecular weight excluding hydrogens is 232 g/mol. The van der Waals surface area contributed by atoms with Crippen LogP contribution in [-0.4, -0.2) is 15.3 Å². The largest absolute Gasteiger partial charge is 0.350 e. The van der Waals surface area contributed by atoms with Crippen LogP contribution in [0.3, 0.4) is 0 Å². The lowest BCUT2D eigenvalue weighted by Gasteiger charge is -2.14. The van der Waals surface area contributed by atoms with Gasteiger partial charge in [-0.3, -0.25) is 4.79 Å². The maximum absolute atomic E-state index is 11.7. The lowest BCUT2D eigenvalue weighted by Crippen LogP contribution is -2.13. The highest BCUT2D eigenvalue weighted by Crippen LogP contribution is 2.22. The van der Waals surface area contributed by atoms with Gasteiger partial charge < -0.3 is 4.57 Å². The second-order valence-electron chi connectivity index (χ2n) is 4.32. The lowest BCUT2D eigenvalue weighted by atomic mass is 9.97. The number of nitrogens with zero attached hydrogens (tertiary/aromatic N) is 2. The third-order valence-corrected chi connectivity index (χ3v) is 4.09. The normalized spacial score (nSPS) is 14.9. The van der Waals surface area contributed by atoms with Crippen molar-refractivity contribution in [2.75, 3.05) is 0 Å². The van der Waals surface area contributed by atoms with Crippen molar-refractivity contribution in [2.24, 2.45) is 0 Å². The van der Waals surface area contributed by atoms with E-state index < -0.39 is 0 Å². The molecule has 0 saturated carbocycles. The highest BCUT2D eigenvalue weighted by atomic mass is 32.1. The van der Waals surface area contributed by atoms with Gasteiger partial charge in [-0.15, -0.1) is 11.3 Å². The van der Waals surface area contributed by atoms with Gasteiger partial charge in [-0.25, -0.2) is 4.98 Å². The van der Waals surface area contributed by atoms with Crippen molar-refractivity contribution in [3.05, 3.63) is 40.1 Å². The Hall–Kier alpha value is -1.42. The third-order valence-electron chi connectivity index (χ3n) is 3.25. The molecule has 0 fully saturated rings. The van der Waals surface area contributed by atoms with Crippen molar-refractivity contribution in [3.8, 4) is 0 Å². The number of thiazole rings is 1. The van der Waals surface area contributed by atoms with Crippen LogP contribution in [0.1, 0.15) is 33.9 Å². The van der Waals surface area contributed by atoms with Crippen molar-refractivity contribution < 1.29 is 4.79 Å². The summed E-state index contributed by atoms with van der Waals surface area (Å²) in [5, 5.41) is 3.17. The third kappa shape index (κ3) is 2.05. The number of rotatable bonds is 3. The molecule has 0 atom stereocenters. The summed E-state index contributed by atoms with van der Waals surface area (Å²) in [7, 11) is 0. The van der Waals surface area contributed by atoms with Crippen LogP contribution in [0, 0.1) is 0 Å². The summed E-state index contributed by atoms with van der Waals surface area (Å²) < 4.78 is 2.22. The molecular formula is C13H14N2OS. The topological polar surface area (TPSA) is 34.9 Å². The first-order valence-electron chi connectivity index (χ1n) is 5.94. The zero-order chi connectivity index (χ0) is 11.7. The predicted molar refractivity (Wildman–Crippen MR) is 67.5 cm³/mol. The minimum atomic E-state index is 0.305. The molecule has 0 radical (unpaired) electrons. The van der Waals surface area contributed by atoms with Gasteiger partial charge in [-0.1, -0.05) is 0 Å². The van der Waals surface area contributed by atoms with Crippen LogP contribution in [0.4, 0.5) is 0 Å². The Morgan fingerprint density at radius 1 is 1.41 bits per heavy atom. The lowest BCUT2D eigenvalue weighted by molar-refractivity contribution is 0.0972. The summed E-state index contributed by atoms with van der Waals surface area (Å²) in [6, 6.07) is 1.97. The molecule has 88 valence electrons. The van der Waals surface area contributed by atoms with Gasteiger partial charge in [-0.05, 0) is 18.9 Å².